The van der Waals surface area contributed by atoms with Gasteiger partial charge in [-0.3, -0.25) is 0 Å². The zero-order valence-corrected chi connectivity index (χ0v) is 33.6. The second kappa shape index (κ2) is 37.8. The van der Waals surface area contributed by atoms with Crippen molar-refractivity contribution in [3.63, 3.8) is 0 Å². The zero-order chi connectivity index (χ0) is 33.7. The van der Waals surface area contributed by atoms with Gasteiger partial charge >= 0.3 is 0 Å². The Bertz CT molecular complexity index is 527. The summed E-state index contributed by atoms with van der Waals surface area (Å²) in [5, 5.41) is 0. The maximum absolute atomic E-state index is 2.38. The highest BCUT2D eigenvalue weighted by molar-refractivity contribution is 4.66. The maximum atomic E-state index is 2.38. The van der Waals surface area contributed by atoms with E-state index < -0.39 is 0 Å². The predicted molar refractivity (Wildman–Crippen MR) is 213 cm³/mol. The molecule has 0 spiro atoms. The SMILES string of the molecule is CCCCCCCCCCCC[N+](CCCCCCC)(CCCCCCC)C(CCCCCCC)CCCCCCCCCCC. The third kappa shape index (κ3) is 28.9. The molecule has 1 unspecified atom stereocenters. The first-order valence-electron chi connectivity index (χ1n) is 22.6. The molecule has 1 nitrogen and oxygen atoms in total. The monoisotopic (exact) mass is 649 g/mol. The fourth-order valence-electron chi connectivity index (χ4n) is 8.22. The van der Waals surface area contributed by atoms with Crippen LogP contribution < -0.4 is 0 Å². The molecule has 0 aromatic rings. The summed E-state index contributed by atoms with van der Waals surface area (Å²) >= 11 is 0. The molecule has 0 bridgehead atoms. The minimum Gasteiger partial charge on any atom is -0.321 e. The van der Waals surface area contributed by atoms with Gasteiger partial charge in [0.1, 0.15) is 0 Å². The van der Waals surface area contributed by atoms with E-state index in [9.17, 15) is 0 Å². The molecule has 278 valence electrons. The van der Waals surface area contributed by atoms with Crippen LogP contribution in [0, 0.1) is 0 Å². The molecule has 1 atom stereocenters. The van der Waals surface area contributed by atoms with Crippen molar-refractivity contribution < 1.29 is 4.48 Å². The lowest BCUT2D eigenvalue weighted by atomic mass is 9.94. The van der Waals surface area contributed by atoms with Crippen molar-refractivity contribution in [2.75, 3.05) is 19.6 Å². The van der Waals surface area contributed by atoms with Crippen LogP contribution in [-0.4, -0.2) is 30.2 Å². The smallest absolute Gasteiger partial charge is 0.0890 e. The molecule has 0 aliphatic heterocycles. The van der Waals surface area contributed by atoms with Crippen LogP contribution in [0.3, 0.4) is 0 Å². The van der Waals surface area contributed by atoms with Gasteiger partial charge in [-0.15, -0.1) is 0 Å². The first-order chi connectivity index (χ1) is 22.7. The molecular weight excluding hydrogens is 555 g/mol. The molecule has 0 aliphatic rings. The van der Waals surface area contributed by atoms with Crippen molar-refractivity contribution in [3.05, 3.63) is 0 Å². The summed E-state index contributed by atoms with van der Waals surface area (Å²) in [5.41, 5.74) is 0. The fourth-order valence-corrected chi connectivity index (χ4v) is 8.22. The summed E-state index contributed by atoms with van der Waals surface area (Å²) in [4.78, 5) is 0. The summed E-state index contributed by atoms with van der Waals surface area (Å²) in [5.74, 6) is 0. The summed E-state index contributed by atoms with van der Waals surface area (Å²) < 4.78 is 1.51. The van der Waals surface area contributed by atoms with Gasteiger partial charge in [0.2, 0.25) is 0 Å². The van der Waals surface area contributed by atoms with Crippen LogP contribution in [0.2, 0.25) is 0 Å². The lowest BCUT2D eigenvalue weighted by Crippen LogP contribution is -2.57. The molecule has 46 heavy (non-hydrogen) atoms. The van der Waals surface area contributed by atoms with Crippen molar-refractivity contribution in [1.82, 2.24) is 0 Å². The molecule has 0 aromatic heterocycles. The second-order valence-electron chi connectivity index (χ2n) is 15.9. The second-order valence-corrected chi connectivity index (χ2v) is 15.9. The van der Waals surface area contributed by atoms with E-state index in [-0.39, 0.29) is 0 Å². The van der Waals surface area contributed by atoms with Crippen LogP contribution in [-0.2, 0) is 0 Å². The topological polar surface area (TPSA) is 0 Å². The Morgan fingerprint density at radius 2 is 0.435 bits per heavy atom. The molecule has 0 N–H and O–H groups in total. The lowest BCUT2D eigenvalue weighted by molar-refractivity contribution is -0.952. The van der Waals surface area contributed by atoms with Gasteiger partial charge in [0.05, 0.1) is 25.7 Å². The minimum atomic E-state index is 0.932. The van der Waals surface area contributed by atoms with Crippen LogP contribution in [0.25, 0.3) is 0 Å². The van der Waals surface area contributed by atoms with Gasteiger partial charge in [-0.1, -0.05) is 202 Å². The van der Waals surface area contributed by atoms with Gasteiger partial charge in [0.15, 0.2) is 0 Å². The molecular formula is C45H94N+. The number of quaternary nitrogens is 1. The first kappa shape index (κ1) is 46.0. The van der Waals surface area contributed by atoms with Crippen LogP contribution in [0.5, 0.6) is 0 Å². The highest BCUT2D eigenvalue weighted by Crippen LogP contribution is 2.29. The molecule has 0 amide bonds. The molecule has 0 saturated carbocycles. The van der Waals surface area contributed by atoms with Crippen molar-refractivity contribution in [2.24, 2.45) is 0 Å². The fraction of sp³-hybridized carbons (Fsp3) is 1.00. The van der Waals surface area contributed by atoms with E-state index in [4.69, 9.17) is 0 Å². The standard InChI is InChI=1S/C45H94N/c1-6-11-16-21-23-25-27-29-34-39-44-46(42-37-32-19-14-9-4,43-38-33-20-15-10-5)45(40-35-30-18-13-8-3)41-36-31-28-26-24-22-17-12-7-2/h45H,6-44H2,1-5H3/q+1. The Balaban J connectivity index is 5.46. The molecule has 0 saturated heterocycles. The van der Waals surface area contributed by atoms with Gasteiger partial charge in [-0.2, -0.15) is 0 Å². The summed E-state index contributed by atoms with van der Waals surface area (Å²) in [6.07, 6.45) is 52.6. The molecule has 0 heterocycles. The maximum Gasteiger partial charge on any atom is 0.0890 e. The molecule has 1 heteroatoms. The van der Waals surface area contributed by atoms with Gasteiger partial charge in [-0.25, -0.2) is 0 Å². The third-order valence-electron chi connectivity index (χ3n) is 11.4. The van der Waals surface area contributed by atoms with Gasteiger partial charge in [0, 0.05) is 0 Å². The van der Waals surface area contributed by atoms with Crippen LogP contribution in [0.4, 0.5) is 0 Å². The summed E-state index contributed by atoms with van der Waals surface area (Å²) in [6.45, 7) is 16.3. The Kier molecular flexibility index (Phi) is 37.7. The average Bonchev–Trinajstić information content (AvgIpc) is 3.06. The van der Waals surface area contributed by atoms with E-state index in [1.54, 1.807) is 0 Å². The van der Waals surface area contributed by atoms with E-state index in [1.807, 2.05) is 0 Å². The van der Waals surface area contributed by atoms with E-state index in [0.29, 0.717) is 0 Å². The molecule has 0 radical (unpaired) electrons. The molecule has 0 aliphatic carbocycles. The van der Waals surface area contributed by atoms with Crippen molar-refractivity contribution in [2.45, 2.75) is 272 Å². The summed E-state index contributed by atoms with van der Waals surface area (Å²) in [6, 6.07) is 0.932. The number of rotatable bonds is 40. The first-order valence-corrected chi connectivity index (χ1v) is 22.6. The Morgan fingerprint density at radius 3 is 0.674 bits per heavy atom. The van der Waals surface area contributed by atoms with Crippen LogP contribution >= 0.6 is 0 Å². The Morgan fingerprint density at radius 1 is 0.239 bits per heavy atom. The number of hydrogen-bond donors (Lipinski definition) is 0. The minimum absolute atomic E-state index is 0.932. The predicted octanol–water partition coefficient (Wildman–Crippen LogP) is 16.3. The molecule has 0 rings (SSSR count). The van der Waals surface area contributed by atoms with E-state index >= 15 is 0 Å². The van der Waals surface area contributed by atoms with Crippen molar-refractivity contribution in [1.29, 1.82) is 0 Å². The summed E-state index contributed by atoms with van der Waals surface area (Å²) in [7, 11) is 0. The van der Waals surface area contributed by atoms with Gasteiger partial charge in [-0.05, 0) is 64.2 Å². The van der Waals surface area contributed by atoms with Crippen molar-refractivity contribution >= 4 is 0 Å². The average molecular weight is 649 g/mol. The number of hydrogen-bond acceptors (Lipinski definition) is 0. The highest BCUT2D eigenvalue weighted by Gasteiger charge is 2.35. The van der Waals surface area contributed by atoms with Crippen LogP contribution in [0.1, 0.15) is 266 Å². The lowest BCUT2D eigenvalue weighted by Gasteiger charge is -2.46. The highest BCUT2D eigenvalue weighted by atomic mass is 15.4. The van der Waals surface area contributed by atoms with Crippen LogP contribution in [0.15, 0.2) is 0 Å². The largest absolute Gasteiger partial charge is 0.321 e. The third-order valence-corrected chi connectivity index (χ3v) is 11.4. The quantitative estimate of drug-likeness (QED) is 0.0458. The zero-order valence-electron chi connectivity index (χ0n) is 33.6. The van der Waals surface area contributed by atoms with E-state index in [0.717, 1.165) is 6.04 Å². The normalized spacial score (nSPS) is 12.7. The number of unbranched alkanes of at least 4 members (excludes halogenated alkanes) is 29. The van der Waals surface area contributed by atoms with E-state index in [2.05, 4.69) is 34.6 Å². The van der Waals surface area contributed by atoms with Crippen molar-refractivity contribution in [3.8, 4) is 0 Å². The Hall–Kier alpha value is -0.0400. The van der Waals surface area contributed by atoms with Gasteiger partial charge < -0.3 is 4.48 Å². The molecule has 0 aromatic carbocycles. The number of nitrogens with zero attached hydrogens (tertiary/aromatic N) is 1. The Labute approximate surface area is 295 Å². The van der Waals surface area contributed by atoms with Gasteiger partial charge in [0.25, 0.3) is 0 Å². The molecule has 0 fully saturated rings. The van der Waals surface area contributed by atoms with E-state index in [1.165, 1.54) is 255 Å².